The molecular weight excluding hydrogens is 385 g/mol. The monoisotopic (exact) mass is 395 g/mol. The summed E-state index contributed by atoms with van der Waals surface area (Å²) in [6.45, 7) is 2.06. The number of fused-ring (bicyclic) bond motifs is 1. The zero-order valence-corrected chi connectivity index (χ0v) is 13.7. The van der Waals surface area contributed by atoms with Crippen molar-refractivity contribution in [1.29, 1.82) is 0 Å². The Morgan fingerprint density at radius 3 is 2.75 bits per heavy atom. The lowest BCUT2D eigenvalue weighted by atomic mass is 10.1. The van der Waals surface area contributed by atoms with Crippen molar-refractivity contribution in [2.75, 3.05) is 0 Å². The van der Waals surface area contributed by atoms with E-state index in [1.807, 2.05) is 30.3 Å². The molecule has 3 aromatic rings. The summed E-state index contributed by atoms with van der Waals surface area (Å²) in [5, 5.41) is 1.54. The predicted molar refractivity (Wildman–Crippen MR) is 89.9 cm³/mol. The van der Waals surface area contributed by atoms with Gasteiger partial charge in [0, 0.05) is 17.1 Å². The van der Waals surface area contributed by atoms with Crippen LogP contribution in [-0.4, -0.2) is 15.0 Å². The molecule has 3 rings (SSSR count). The Balaban J connectivity index is 2.28. The van der Waals surface area contributed by atoms with Crippen molar-refractivity contribution in [3.05, 3.63) is 50.9 Å². The number of rotatable bonds is 2. The number of aromatic nitrogens is 3. The molecule has 0 bridgehead atoms. The number of hydrogen-bond acceptors (Lipinski definition) is 3. The standard InChI is InChI=1S/C15H11ClIN3/c1-2-11-13(17)14(16)20-15(19-11)10-7-8-18-12-6-4-3-5-9(10)12/h3-8H,2H2,1H3. The van der Waals surface area contributed by atoms with E-state index in [0.29, 0.717) is 11.0 Å². The molecular formula is C15H11ClIN3. The van der Waals surface area contributed by atoms with Crippen molar-refractivity contribution in [3.63, 3.8) is 0 Å². The normalized spacial score (nSPS) is 10.9. The molecule has 0 saturated heterocycles. The molecule has 0 N–H and O–H groups in total. The van der Waals surface area contributed by atoms with E-state index in [2.05, 4.69) is 44.5 Å². The Morgan fingerprint density at radius 2 is 1.95 bits per heavy atom. The van der Waals surface area contributed by atoms with E-state index in [9.17, 15) is 0 Å². The van der Waals surface area contributed by atoms with Crippen molar-refractivity contribution in [1.82, 2.24) is 15.0 Å². The lowest BCUT2D eigenvalue weighted by Crippen LogP contribution is -2.00. The smallest absolute Gasteiger partial charge is 0.161 e. The number of pyridine rings is 1. The van der Waals surface area contributed by atoms with E-state index in [1.54, 1.807) is 6.20 Å². The van der Waals surface area contributed by atoms with Gasteiger partial charge >= 0.3 is 0 Å². The van der Waals surface area contributed by atoms with Crippen molar-refractivity contribution < 1.29 is 0 Å². The van der Waals surface area contributed by atoms with Gasteiger partial charge in [0.25, 0.3) is 0 Å². The number of nitrogens with zero attached hydrogens (tertiary/aromatic N) is 3. The van der Waals surface area contributed by atoms with Crippen molar-refractivity contribution >= 4 is 45.1 Å². The second kappa shape index (κ2) is 5.61. The summed E-state index contributed by atoms with van der Waals surface area (Å²) in [7, 11) is 0. The van der Waals surface area contributed by atoms with Crippen molar-refractivity contribution in [2.45, 2.75) is 13.3 Å². The molecule has 2 aromatic heterocycles. The largest absolute Gasteiger partial charge is 0.256 e. The number of benzene rings is 1. The number of para-hydroxylation sites is 1. The van der Waals surface area contributed by atoms with Gasteiger partial charge in [0.15, 0.2) is 5.82 Å². The molecule has 0 radical (unpaired) electrons. The highest BCUT2D eigenvalue weighted by atomic mass is 127. The molecule has 3 nitrogen and oxygen atoms in total. The van der Waals surface area contributed by atoms with Crippen molar-refractivity contribution in [3.8, 4) is 11.4 Å². The number of aryl methyl sites for hydroxylation is 1. The maximum atomic E-state index is 6.22. The summed E-state index contributed by atoms with van der Waals surface area (Å²) in [6.07, 6.45) is 2.61. The SMILES string of the molecule is CCc1nc(-c2ccnc3ccccc23)nc(Cl)c1I. The average molecular weight is 396 g/mol. The molecule has 2 heterocycles. The maximum Gasteiger partial charge on any atom is 0.161 e. The molecule has 0 atom stereocenters. The van der Waals surface area contributed by atoms with Crippen LogP contribution in [0.2, 0.25) is 5.15 Å². The van der Waals surface area contributed by atoms with Crippen LogP contribution in [0.15, 0.2) is 36.5 Å². The molecule has 20 heavy (non-hydrogen) atoms. The summed E-state index contributed by atoms with van der Waals surface area (Å²) in [6, 6.07) is 9.90. The third kappa shape index (κ3) is 2.38. The van der Waals surface area contributed by atoms with Crippen LogP contribution in [0.1, 0.15) is 12.6 Å². The Labute approximate surface area is 135 Å². The third-order valence-electron chi connectivity index (χ3n) is 3.10. The second-order valence-corrected chi connectivity index (χ2v) is 5.76. The molecule has 0 fully saturated rings. The van der Waals surface area contributed by atoms with E-state index >= 15 is 0 Å². The van der Waals surface area contributed by atoms with Crippen LogP contribution in [0.5, 0.6) is 0 Å². The van der Waals surface area contributed by atoms with Gasteiger partial charge < -0.3 is 0 Å². The van der Waals surface area contributed by atoms with Crippen molar-refractivity contribution in [2.24, 2.45) is 0 Å². The highest BCUT2D eigenvalue weighted by Crippen LogP contribution is 2.28. The fourth-order valence-electron chi connectivity index (χ4n) is 2.11. The van der Waals surface area contributed by atoms with Crippen LogP contribution in [-0.2, 0) is 6.42 Å². The topological polar surface area (TPSA) is 38.7 Å². The van der Waals surface area contributed by atoms with Crippen LogP contribution in [0, 0.1) is 3.57 Å². The lowest BCUT2D eigenvalue weighted by molar-refractivity contribution is 0.990. The maximum absolute atomic E-state index is 6.22. The van der Waals surface area contributed by atoms with Gasteiger partial charge in [-0.3, -0.25) is 4.98 Å². The average Bonchev–Trinajstić information content (AvgIpc) is 2.49. The van der Waals surface area contributed by atoms with E-state index in [4.69, 9.17) is 11.6 Å². The summed E-state index contributed by atoms with van der Waals surface area (Å²) in [5.74, 6) is 0.658. The van der Waals surface area contributed by atoms with Gasteiger partial charge in [0.1, 0.15) is 5.15 Å². The fraction of sp³-hybridized carbons (Fsp3) is 0.133. The number of halogens is 2. The van der Waals surface area contributed by atoms with Crippen LogP contribution in [0.4, 0.5) is 0 Å². The minimum atomic E-state index is 0.508. The first-order valence-electron chi connectivity index (χ1n) is 6.26. The highest BCUT2D eigenvalue weighted by molar-refractivity contribution is 14.1. The van der Waals surface area contributed by atoms with Crippen LogP contribution in [0.3, 0.4) is 0 Å². The van der Waals surface area contributed by atoms with Gasteiger partial charge in [0.2, 0.25) is 0 Å². The molecule has 0 aliphatic carbocycles. The lowest BCUT2D eigenvalue weighted by Gasteiger charge is -2.08. The third-order valence-corrected chi connectivity index (χ3v) is 4.83. The van der Waals surface area contributed by atoms with Gasteiger partial charge in [-0.15, -0.1) is 0 Å². The van der Waals surface area contributed by atoms with Crippen LogP contribution >= 0.6 is 34.2 Å². The molecule has 100 valence electrons. The molecule has 1 aromatic carbocycles. The second-order valence-electron chi connectivity index (χ2n) is 4.33. The molecule has 0 aliphatic heterocycles. The van der Waals surface area contributed by atoms with Gasteiger partial charge in [-0.25, -0.2) is 9.97 Å². The van der Waals surface area contributed by atoms with E-state index < -0.39 is 0 Å². The molecule has 5 heteroatoms. The minimum Gasteiger partial charge on any atom is -0.256 e. The predicted octanol–water partition coefficient (Wildman–Crippen LogP) is 4.51. The Kier molecular flexibility index (Phi) is 3.85. The van der Waals surface area contributed by atoms with E-state index in [0.717, 1.165) is 32.2 Å². The molecule has 0 aliphatic rings. The molecule has 0 spiro atoms. The summed E-state index contributed by atoms with van der Waals surface area (Å²) >= 11 is 8.41. The minimum absolute atomic E-state index is 0.508. The van der Waals surface area contributed by atoms with Crippen LogP contribution < -0.4 is 0 Å². The molecule has 0 unspecified atom stereocenters. The summed E-state index contributed by atoms with van der Waals surface area (Å²) in [5.41, 5.74) is 2.87. The first kappa shape index (κ1) is 13.7. The first-order chi connectivity index (χ1) is 9.70. The fourth-order valence-corrected chi connectivity index (χ4v) is 2.92. The Hall–Kier alpha value is -1.27. The van der Waals surface area contributed by atoms with Gasteiger partial charge in [-0.2, -0.15) is 0 Å². The summed E-state index contributed by atoms with van der Waals surface area (Å²) < 4.78 is 0.925. The zero-order chi connectivity index (χ0) is 14.1. The summed E-state index contributed by atoms with van der Waals surface area (Å²) in [4.78, 5) is 13.4. The first-order valence-corrected chi connectivity index (χ1v) is 7.72. The van der Waals surface area contributed by atoms with Gasteiger partial charge in [0.05, 0.1) is 14.8 Å². The quantitative estimate of drug-likeness (QED) is 0.473. The van der Waals surface area contributed by atoms with Gasteiger partial charge in [-0.05, 0) is 41.1 Å². The van der Waals surface area contributed by atoms with Gasteiger partial charge in [-0.1, -0.05) is 36.7 Å². The van der Waals surface area contributed by atoms with E-state index in [-0.39, 0.29) is 0 Å². The molecule has 0 amide bonds. The molecule has 0 saturated carbocycles. The van der Waals surface area contributed by atoms with E-state index in [1.165, 1.54) is 0 Å². The van der Waals surface area contributed by atoms with Crippen LogP contribution in [0.25, 0.3) is 22.3 Å². The highest BCUT2D eigenvalue weighted by Gasteiger charge is 2.13. The Morgan fingerprint density at radius 1 is 1.15 bits per heavy atom. The Bertz CT molecular complexity index is 784. The zero-order valence-electron chi connectivity index (χ0n) is 10.8. The number of hydrogen-bond donors (Lipinski definition) is 0.